The molecule has 2 heterocycles. The van der Waals surface area contributed by atoms with Crippen molar-refractivity contribution in [3.8, 4) is 5.69 Å². The molecule has 4 rings (SSSR count). The van der Waals surface area contributed by atoms with Crippen molar-refractivity contribution in [2.24, 2.45) is 0 Å². The van der Waals surface area contributed by atoms with Gasteiger partial charge in [0, 0.05) is 18.7 Å². The van der Waals surface area contributed by atoms with Crippen LogP contribution in [0.2, 0.25) is 0 Å². The zero-order chi connectivity index (χ0) is 22.5. The second-order valence-electron chi connectivity index (χ2n) is 7.55. The van der Waals surface area contributed by atoms with Gasteiger partial charge in [0.1, 0.15) is 0 Å². The third kappa shape index (κ3) is 4.70. The van der Waals surface area contributed by atoms with Gasteiger partial charge in [0.05, 0.1) is 29.0 Å². The van der Waals surface area contributed by atoms with E-state index in [2.05, 4.69) is 4.98 Å². The van der Waals surface area contributed by atoms with Crippen LogP contribution < -0.4 is 5.56 Å². The molecule has 0 spiro atoms. The Hall–Kier alpha value is -3.13. The number of hydrogen-bond acceptors (Lipinski definition) is 6. The summed E-state index contributed by atoms with van der Waals surface area (Å²) in [4.78, 5) is 44.8. The average molecular weight is 452 g/mol. The van der Waals surface area contributed by atoms with Gasteiger partial charge in [0.25, 0.3) is 11.5 Å². The van der Waals surface area contributed by atoms with Crippen LogP contribution in [-0.2, 0) is 9.53 Å². The third-order valence-electron chi connectivity index (χ3n) is 5.37. The molecular weight excluding hydrogens is 426 g/mol. The van der Waals surface area contributed by atoms with Gasteiger partial charge >= 0.3 is 5.97 Å². The summed E-state index contributed by atoms with van der Waals surface area (Å²) >= 11 is 1.14. The maximum absolute atomic E-state index is 13.4. The predicted octanol–water partition coefficient (Wildman–Crippen LogP) is 3.67. The second-order valence-corrected chi connectivity index (χ2v) is 8.49. The van der Waals surface area contributed by atoms with Gasteiger partial charge in [-0.2, -0.15) is 0 Å². The standard InChI is InChI=1S/C24H25N3O4S/c1-2-31-21(28)16-32-24-25-20-15-17(22(29)26-13-7-4-8-14-26)11-12-19(20)23(30)27(24)18-9-5-3-6-10-18/h3,5-6,9-12,15H,2,4,7-8,13-14,16H2,1H3. The number of para-hydroxylation sites is 1. The average Bonchev–Trinajstić information content (AvgIpc) is 2.83. The van der Waals surface area contributed by atoms with E-state index >= 15 is 0 Å². The van der Waals surface area contributed by atoms with E-state index in [-0.39, 0.29) is 29.8 Å². The minimum Gasteiger partial charge on any atom is -0.465 e. The molecule has 0 atom stereocenters. The lowest BCUT2D eigenvalue weighted by molar-refractivity contribution is -0.139. The summed E-state index contributed by atoms with van der Waals surface area (Å²) in [5.41, 5.74) is 1.37. The summed E-state index contributed by atoms with van der Waals surface area (Å²) in [5, 5.41) is 0.800. The van der Waals surface area contributed by atoms with Crippen molar-refractivity contribution in [3.63, 3.8) is 0 Å². The van der Waals surface area contributed by atoms with Crippen molar-refractivity contribution in [1.82, 2.24) is 14.5 Å². The van der Waals surface area contributed by atoms with Crippen LogP contribution in [0.1, 0.15) is 36.5 Å². The zero-order valence-electron chi connectivity index (χ0n) is 18.0. The van der Waals surface area contributed by atoms with E-state index in [0.717, 1.165) is 44.1 Å². The topological polar surface area (TPSA) is 81.5 Å². The minimum absolute atomic E-state index is 0.0328. The van der Waals surface area contributed by atoms with Crippen molar-refractivity contribution in [2.75, 3.05) is 25.4 Å². The molecule has 1 fully saturated rings. The number of nitrogens with zero attached hydrogens (tertiary/aromatic N) is 3. The molecule has 32 heavy (non-hydrogen) atoms. The van der Waals surface area contributed by atoms with Crippen LogP contribution in [0.15, 0.2) is 58.5 Å². The summed E-state index contributed by atoms with van der Waals surface area (Å²) in [5.74, 6) is -0.382. The van der Waals surface area contributed by atoms with E-state index in [1.807, 2.05) is 35.2 Å². The van der Waals surface area contributed by atoms with E-state index in [0.29, 0.717) is 27.3 Å². The molecule has 1 aliphatic heterocycles. The Morgan fingerprint density at radius 3 is 2.53 bits per heavy atom. The smallest absolute Gasteiger partial charge is 0.316 e. The lowest BCUT2D eigenvalue weighted by Gasteiger charge is -2.26. The molecule has 0 bridgehead atoms. The summed E-state index contributed by atoms with van der Waals surface area (Å²) in [6.07, 6.45) is 3.16. The Morgan fingerprint density at radius 2 is 1.81 bits per heavy atom. The molecular formula is C24H25N3O4S. The number of thioether (sulfide) groups is 1. The van der Waals surface area contributed by atoms with Crippen LogP contribution in [0.25, 0.3) is 16.6 Å². The molecule has 0 unspecified atom stereocenters. The molecule has 1 aliphatic rings. The number of carbonyl (C=O) groups excluding carboxylic acids is 2. The number of likely N-dealkylation sites (tertiary alicyclic amines) is 1. The SMILES string of the molecule is CCOC(=O)CSc1nc2cc(C(=O)N3CCCCC3)ccc2c(=O)n1-c1ccccc1. The van der Waals surface area contributed by atoms with Crippen molar-refractivity contribution >= 4 is 34.5 Å². The highest BCUT2D eigenvalue weighted by Crippen LogP contribution is 2.23. The number of ether oxygens (including phenoxy) is 1. The summed E-state index contributed by atoms with van der Waals surface area (Å²) in [7, 11) is 0. The first kappa shape index (κ1) is 22.1. The van der Waals surface area contributed by atoms with Crippen LogP contribution in [0.5, 0.6) is 0 Å². The number of piperidine rings is 1. The Morgan fingerprint density at radius 1 is 1.06 bits per heavy atom. The van der Waals surface area contributed by atoms with Gasteiger partial charge in [-0.1, -0.05) is 30.0 Å². The minimum atomic E-state index is -0.375. The molecule has 8 heteroatoms. The van der Waals surface area contributed by atoms with Gasteiger partial charge in [-0.25, -0.2) is 4.98 Å². The van der Waals surface area contributed by atoms with E-state index in [1.165, 1.54) is 4.57 Å². The fourth-order valence-corrected chi connectivity index (χ4v) is 4.62. The molecule has 0 aliphatic carbocycles. The molecule has 2 aromatic carbocycles. The van der Waals surface area contributed by atoms with E-state index in [9.17, 15) is 14.4 Å². The molecule has 0 saturated carbocycles. The van der Waals surface area contributed by atoms with Crippen LogP contribution in [0.4, 0.5) is 0 Å². The summed E-state index contributed by atoms with van der Waals surface area (Å²) < 4.78 is 6.52. The molecule has 1 aromatic heterocycles. The molecule has 7 nitrogen and oxygen atoms in total. The third-order valence-corrected chi connectivity index (χ3v) is 6.28. The fourth-order valence-electron chi connectivity index (χ4n) is 3.81. The van der Waals surface area contributed by atoms with Crippen LogP contribution >= 0.6 is 11.8 Å². The van der Waals surface area contributed by atoms with Gasteiger partial charge < -0.3 is 9.64 Å². The molecule has 166 valence electrons. The van der Waals surface area contributed by atoms with Crippen LogP contribution in [-0.4, -0.2) is 51.8 Å². The van der Waals surface area contributed by atoms with Crippen molar-refractivity contribution in [3.05, 3.63) is 64.4 Å². The van der Waals surface area contributed by atoms with Crippen molar-refractivity contribution < 1.29 is 14.3 Å². The highest BCUT2D eigenvalue weighted by Gasteiger charge is 2.20. The monoisotopic (exact) mass is 451 g/mol. The number of aromatic nitrogens is 2. The maximum Gasteiger partial charge on any atom is 0.316 e. The lowest BCUT2D eigenvalue weighted by Crippen LogP contribution is -2.35. The Kier molecular flexibility index (Phi) is 6.90. The van der Waals surface area contributed by atoms with Crippen LogP contribution in [0.3, 0.4) is 0 Å². The van der Waals surface area contributed by atoms with Gasteiger partial charge in [0.2, 0.25) is 0 Å². The Balaban J connectivity index is 1.77. The fraction of sp³-hybridized carbons (Fsp3) is 0.333. The first-order valence-corrected chi connectivity index (χ1v) is 11.8. The number of amides is 1. The normalized spacial score (nSPS) is 13.8. The summed E-state index contributed by atoms with van der Waals surface area (Å²) in [6, 6.07) is 14.2. The number of benzene rings is 2. The highest BCUT2D eigenvalue weighted by atomic mass is 32.2. The van der Waals surface area contributed by atoms with Gasteiger partial charge in [-0.3, -0.25) is 19.0 Å². The number of rotatable bonds is 6. The molecule has 0 N–H and O–H groups in total. The lowest BCUT2D eigenvalue weighted by atomic mass is 10.1. The zero-order valence-corrected chi connectivity index (χ0v) is 18.8. The Bertz CT molecular complexity index is 1190. The molecule has 0 radical (unpaired) electrons. The number of esters is 1. The summed E-state index contributed by atoms with van der Waals surface area (Å²) in [6.45, 7) is 3.54. The van der Waals surface area contributed by atoms with E-state index in [4.69, 9.17) is 4.74 Å². The predicted molar refractivity (Wildman–Crippen MR) is 124 cm³/mol. The maximum atomic E-state index is 13.4. The van der Waals surface area contributed by atoms with Crippen molar-refractivity contribution in [2.45, 2.75) is 31.3 Å². The first-order valence-electron chi connectivity index (χ1n) is 10.8. The molecule has 3 aromatic rings. The Labute approximate surface area is 190 Å². The van der Waals surface area contributed by atoms with Gasteiger partial charge in [-0.05, 0) is 56.5 Å². The number of hydrogen-bond donors (Lipinski definition) is 0. The highest BCUT2D eigenvalue weighted by molar-refractivity contribution is 7.99. The molecule has 1 amide bonds. The van der Waals surface area contributed by atoms with Gasteiger partial charge in [0.15, 0.2) is 5.16 Å². The first-order chi connectivity index (χ1) is 15.6. The van der Waals surface area contributed by atoms with E-state index in [1.54, 1.807) is 25.1 Å². The largest absolute Gasteiger partial charge is 0.465 e. The number of carbonyl (C=O) groups is 2. The van der Waals surface area contributed by atoms with Crippen molar-refractivity contribution in [1.29, 1.82) is 0 Å². The van der Waals surface area contributed by atoms with E-state index < -0.39 is 0 Å². The second kappa shape index (κ2) is 9.99. The van der Waals surface area contributed by atoms with Gasteiger partial charge in [-0.15, -0.1) is 0 Å². The number of fused-ring (bicyclic) bond motifs is 1. The van der Waals surface area contributed by atoms with Crippen LogP contribution in [0, 0.1) is 0 Å². The quantitative estimate of drug-likeness (QED) is 0.323. The molecule has 1 saturated heterocycles.